The van der Waals surface area contributed by atoms with Crippen LogP contribution in [0.25, 0.3) is 11.3 Å². The van der Waals surface area contributed by atoms with Crippen LogP contribution in [0.15, 0.2) is 24.3 Å². The molecule has 1 saturated heterocycles. The SMILES string of the molecule is CN1CCN(c2nc(-c3ccc(C(=O)O)cc3)c(F)s2)CC1.Cl. The Labute approximate surface area is 143 Å². The Kier molecular flexibility index (Phi) is 5.56. The summed E-state index contributed by atoms with van der Waals surface area (Å²) in [6, 6.07) is 6.11. The van der Waals surface area contributed by atoms with Gasteiger partial charge < -0.3 is 14.9 Å². The van der Waals surface area contributed by atoms with Gasteiger partial charge in [-0.1, -0.05) is 23.5 Å². The van der Waals surface area contributed by atoms with Gasteiger partial charge in [0.2, 0.25) is 5.13 Å². The Hall–Kier alpha value is -1.70. The molecule has 0 unspecified atom stereocenters. The van der Waals surface area contributed by atoms with Crippen LogP contribution in [0.4, 0.5) is 9.52 Å². The highest BCUT2D eigenvalue weighted by atomic mass is 35.5. The maximum atomic E-state index is 14.2. The lowest BCUT2D eigenvalue weighted by molar-refractivity contribution is 0.0697. The molecule has 1 aromatic carbocycles. The van der Waals surface area contributed by atoms with E-state index >= 15 is 0 Å². The summed E-state index contributed by atoms with van der Waals surface area (Å²) in [5, 5.41) is 9.25. The molecule has 1 fully saturated rings. The van der Waals surface area contributed by atoms with Gasteiger partial charge in [-0.05, 0) is 19.2 Å². The molecular weight excluding hydrogens is 341 g/mol. The zero-order valence-corrected chi connectivity index (χ0v) is 14.2. The van der Waals surface area contributed by atoms with Gasteiger partial charge in [0.05, 0.1) is 5.56 Å². The fraction of sp³-hybridized carbons (Fsp3) is 0.333. The Bertz CT molecular complexity index is 685. The molecule has 0 aliphatic carbocycles. The third-order valence-electron chi connectivity index (χ3n) is 3.75. The number of likely N-dealkylation sites (N-methyl/N-ethyl adjacent to an activating group) is 1. The van der Waals surface area contributed by atoms with Gasteiger partial charge in [-0.25, -0.2) is 9.78 Å². The molecule has 1 N–H and O–H groups in total. The zero-order valence-electron chi connectivity index (χ0n) is 12.5. The minimum absolute atomic E-state index is 0. The number of carboxylic acids is 1. The molecule has 2 heterocycles. The van der Waals surface area contributed by atoms with Gasteiger partial charge in [-0.2, -0.15) is 4.39 Å². The van der Waals surface area contributed by atoms with Crippen molar-refractivity contribution in [3.63, 3.8) is 0 Å². The number of piperazine rings is 1. The van der Waals surface area contributed by atoms with Crippen molar-refractivity contribution in [1.29, 1.82) is 0 Å². The van der Waals surface area contributed by atoms with Crippen molar-refractivity contribution in [2.45, 2.75) is 0 Å². The minimum atomic E-state index is -0.997. The lowest BCUT2D eigenvalue weighted by Crippen LogP contribution is -2.44. The molecule has 0 saturated carbocycles. The van der Waals surface area contributed by atoms with E-state index in [1.807, 2.05) is 0 Å². The standard InChI is InChI=1S/C15H16FN3O2S.ClH/c1-18-6-8-19(9-7-18)15-17-12(13(16)22-15)10-2-4-11(5-3-10)14(20)21;/h2-5H,6-9H2,1H3,(H,20,21);1H. The second kappa shape index (κ2) is 7.25. The number of anilines is 1. The monoisotopic (exact) mass is 357 g/mol. The van der Waals surface area contributed by atoms with Crippen LogP contribution in [0, 0.1) is 5.13 Å². The summed E-state index contributed by atoms with van der Waals surface area (Å²) in [4.78, 5) is 19.6. The lowest BCUT2D eigenvalue weighted by atomic mass is 10.1. The van der Waals surface area contributed by atoms with E-state index in [1.165, 1.54) is 12.1 Å². The first-order valence-electron chi connectivity index (χ1n) is 6.98. The van der Waals surface area contributed by atoms with Gasteiger partial charge in [0, 0.05) is 31.7 Å². The molecular formula is C15H17ClFN3O2S. The molecule has 5 nitrogen and oxygen atoms in total. The molecule has 0 atom stereocenters. The van der Waals surface area contributed by atoms with Gasteiger partial charge in [-0.15, -0.1) is 12.4 Å². The number of rotatable bonds is 3. The third kappa shape index (κ3) is 3.80. The Balaban J connectivity index is 0.00000192. The molecule has 3 rings (SSSR count). The predicted molar refractivity (Wildman–Crippen MR) is 91.4 cm³/mol. The number of nitrogens with zero attached hydrogens (tertiary/aromatic N) is 3. The molecule has 1 aromatic heterocycles. The Morgan fingerprint density at radius 1 is 1.22 bits per heavy atom. The fourth-order valence-corrected chi connectivity index (χ4v) is 3.24. The van der Waals surface area contributed by atoms with E-state index in [2.05, 4.69) is 21.8 Å². The van der Waals surface area contributed by atoms with Crippen LogP contribution in [-0.4, -0.2) is 54.2 Å². The number of hydrogen-bond donors (Lipinski definition) is 1. The van der Waals surface area contributed by atoms with Gasteiger partial charge in [0.25, 0.3) is 0 Å². The highest BCUT2D eigenvalue weighted by Gasteiger charge is 2.21. The van der Waals surface area contributed by atoms with E-state index in [1.54, 1.807) is 12.1 Å². The van der Waals surface area contributed by atoms with Crippen LogP contribution in [0.5, 0.6) is 0 Å². The lowest BCUT2D eigenvalue weighted by Gasteiger charge is -2.31. The second-order valence-corrected chi connectivity index (χ2v) is 6.22. The van der Waals surface area contributed by atoms with Crippen molar-refractivity contribution in [3.05, 3.63) is 35.0 Å². The van der Waals surface area contributed by atoms with E-state index in [-0.39, 0.29) is 28.8 Å². The summed E-state index contributed by atoms with van der Waals surface area (Å²) >= 11 is 1.04. The zero-order chi connectivity index (χ0) is 15.7. The average molecular weight is 358 g/mol. The molecule has 1 aliphatic heterocycles. The molecule has 0 amide bonds. The summed E-state index contributed by atoms with van der Waals surface area (Å²) in [5.74, 6) is -0.997. The second-order valence-electron chi connectivity index (χ2n) is 5.29. The van der Waals surface area contributed by atoms with Crippen LogP contribution < -0.4 is 4.90 Å². The number of hydrogen-bond acceptors (Lipinski definition) is 5. The molecule has 1 aliphatic rings. The topological polar surface area (TPSA) is 56.7 Å². The number of aromatic carboxylic acids is 1. The van der Waals surface area contributed by atoms with Crippen LogP contribution in [0.1, 0.15) is 10.4 Å². The summed E-state index contributed by atoms with van der Waals surface area (Å²) < 4.78 is 14.2. The largest absolute Gasteiger partial charge is 0.478 e. The molecule has 0 spiro atoms. The average Bonchev–Trinajstić information content (AvgIpc) is 2.90. The van der Waals surface area contributed by atoms with E-state index < -0.39 is 5.97 Å². The first-order valence-corrected chi connectivity index (χ1v) is 7.80. The van der Waals surface area contributed by atoms with Crippen molar-refractivity contribution >= 4 is 34.8 Å². The fourth-order valence-electron chi connectivity index (χ4n) is 2.37. The van der Waals surface area contributed by atoms with Crippen LogP contribution in [0.3, 0.4) is 0 Å². The minimum Gasteiger partial charge on any atom is -0.478 e. The molecule has 2 aromatic rings. The van der Waals surface area contributed by atoms with Gasteiger partial charge >= 0.3 is 5.97 Å². The van der Waals surface area contributed by atoms with Crippen molar-refractivity contribution in [3.8, 4) is 11.3 Å². The number of halogens is 2. The number of carbonyl (C=O) groups is 1. The van der Waals surface area contributed by atoms with Crippen LogP contribution >= 0.6 is 23.7 Å². The maximum Gasteiger partial charge on any atom is 0.335 e. The summed E-state index contributed by atoms with van der Waals surface area (Å²) in [5.41, 5.74) is 1.06. The summed E-state index contributed by atoms with van der Waals surface area (Å²) in [6.07, 6.45) is 0. The number of thiazole rings is 1. The highest BCUT2D eigenvalue weighted by molar-refractivity contribution is 7.14. The number of benzene rings is 1. The van der Waals surface area contributed by atoms with Crippen LogP contribution in [0.2, 0.25) is 0 Å². The quantitative estimate of drug-likeness (QED) is 0.915. The molecule has 23 heavy (non-hydrogen) atoms. The first kappa shape index (κ1) is 17.7. The van der Waals surface area contributed by atoms with Crippen molar-refractivity contribution in [2.24, 2.45) is 0 Å². The smallest absolute Gasteiger partial charge is 0.335 e. The molecule has 0 radical (unpaired) electrons. The number of carboxylic acid groups (broad SMARTS) is 1. The van der Waals surface area contributed by atoms with E-state index in [0.29, 0.717) is 10.7 Å². The van der Waals surface area contributed by atoms with Crippen molar-refractivity contribution < 1.29 is 14.3 Å². The Morgan fingerprint density at radius 3 is 2.39 bits per heavy atom. The Morgan fingerprint density at radius 2 is 1.83 bits per heavy atom. The van der Waals surface area contributed by atoms with Gasteiger partial charge in [-0.3, -0.25) is 0 Å². The van der Waals surface area contributed by atoms with Crippen molar-refractivity contribution in [1.82, 2.24) is 9.88 Å². The van der Waals surface area contributed by atoms with Gasteiger partial charge in [0.1, 0.15) is 5.69 Å². The maximum absolute atomic E-state index is 14.2. The van der Waals surface area contributed by atoms with E-state index in [9.17, 15) is 9.18 Å². The molecule has 124 valence electrons. The van der Waals surface area contributed by atoms with Crippen LogP contribution in [-0.2, 0) is 0 Å². The molecule has 8 heteroatoms. The third-order valence-corrected chi connectivity index (χ3v) is 4.66. The van der Waals surface area contributed by atoms with E-state index in [4.69, 9.17) is 5.11 Å². The summed E-state index contributed by atoms with van der Waals surface area (Å²) in [7, 11) is 2.06. The predicted octanol–water partition coefficient (Wildman–Crippen LogP) is 2.82. The van der Waals surface area contributed by atoms with Gasteiger partial charge in [0.15, 0.2) is 5.13 Å². The highest BCUT2D eigenvalue weighted by Crippen LogP contribution is 2.32. The number of aromatic nitrogens is 1. The normalized spacial score (nSPS) is 15.3. The summed E-state index contributed by atoms with van der Waals surface area (Å²) in [6.45, 7) is 3.54. The molecule has 0 bridgehead atoms. The van der Waals surface area contributed by atoms with Crippen molar-refractivity contribution in [2.75, 3.05) is 38.1 Å². The van der Waals surface area contributed by atoms with E-state index in [0.717, 1.165) is 37.5 Å². The first-order chi connectivity index (χ1) is 10.5.